The number of nitrogens with two attached hydrogens (primary N) is 2. The van der Waals surface area contributed by atoms with E-state index in [1.807, 2.05) is 13.8 Å². The third-order valence-electron chi connectivity index (χ3n) is 5.55. The lowest BCUT2D eigenvalue weighted by molar-refractivity contribution is -0.222. The molecule has 138 valence electrons. The Balaban J connectivity index is 0.00000225. The van der Waals surface area contributed by atoms with E-state index in [-0.39, 0.29) is 40.9 Å². The summed E-state index contributed by atoms with van der Waals surface area (Å²) >= 11 is 6.03. The zero-order chi connectivity index (χ0) is 17.7. The quantitative estimate of drug-likeness (QED) is 0.739. The lowest BCUT2D eigenvalue weighted by atomic mass is 9.46. The second-order valence-electron chi connectivity index (χ2n) is 7.14. The van der Waals surface area contributed by atoms with Crippen molar-refractivity contribution in [1.82, 2.24) is 0 Å². The van der Waals surface area contributed by atoms with Crippen molar-refractivity contribution in [2.24, 2.45) is 22.8 Å². The molecule has 1 aromatic rings. The first-order valence-corrected chi connectivity index (χ1v) is 8.38. The van der Waals surface area contributed by atoms with Crippen molar-refractivity contribution in [2.75, 3.05) is 11.9 Å². The summed E-state index contributed by atoms with van der Waals surface area (Å²) in [7, 11) is 0. The van der Waals surface area contributed by atoms with Crippen LogP contribution in [-0.4, -0.2) is 30.1 Å². The van der Waals surface area contributed by atoms with Gasteiger partial charge >= 0.3 is 0 Å². The Morgan fingerprint density at radius 3 is 2.64 bits per heavy atom. The molecule has 1 aromatic carbocycles. The Hall–Kier alpha value is -1.34. The smallest absolute Gasteiger partial charge is 0.250 e. The maximum Gasteiger partial charge on any atom is 0.250 e. The topological polar surface area (TPSA) is 107 Å². The summed E-state index contributed by atoms with van der Waals surface area (Å²) in [6.07, 6.45) is 1.78. The van der Waals surface area contributed by atoms with Crippen molar-refractivity contribution in [1.29, 1.82) is 0 Å². The molecule has 3 atom stereocenters. The van der Waals surface area contributed by atoms with Gasteiger partial charge in [-0.2, -0.15) is 0 Å². The highest BCUT2D eigenvalue weighted by Crippen LogP contribution is 2.57. The van der Waals surface area contributed by atoms with E-state index >= 15 is 0 Å². The summed E-state index contributed by atoms with van der Waals surface area (Å²) < 4.78 is 5.82. The third-order valence-corrected chi connectivity index (χ3v) is 5.87. The monoisotopic (exact) mass is 387 g/mol. The number of hydrogen-bond acceptors (Lipinski definition) is 4. The molecule has 3 unspecified atom stereocenters. The normalized spacial score (nSPS) is 29.6. The number of nitrogens with one attached hydrogen (secondary N) is 1. The SMILES string of the molecule is CC1(C)C2OCCCC2C1(N)C(=O)Nc1ccc(C(N)=O)c(Cl)c1.Cl. The van der Waals surface area contributed by atoms with Gasteiger partial charge in [0.1, 0.15) is 5.54 Å². The van der Waals surface area contributed by atoms with E-state index in [1.54, 1.807) is 6.07 Å². The second-order valence-corrected chi connectivity index (χ2v) is 7.55. The fraction of sp³-hybridized carbons (Fsp3) is 0.529. The molecule has 1 heterocycles. The van der Waals surface area contributed by atoms with Gasteiger partial charge in [0.05, 0.1) is 16.7 Å². The molecule has 25 heavy (non-hydrogen) atoms. The van der Waals surface area contributed by atoms with Crippen molar-refractivity contribution in [3.8, 4) is 0 Å². The molecule has 3 rings (SSSR count). The number of carbonyl (C=O) groups is 2. The number of halogens is 2. The minimum Gasteiger partial charge on any atom is -0.377 e. The molecule has 5 N–H and O–H groups in total. The van der Waals surface area contributed by atoms with E-state index < -0.39 is 16.9 Å². The Morgan fingerprint density at radius 1 is 1.36 bits per heavy atom. The molecular formula is C17H23Cl2N3O3. The van der Waals surface area contributed by atoms with Gasteiger partial charge in [-0.15, -0.1) is 12.4 Å². The summed E-state index contributed by atoms with van der Waals surface area (Å²) in [6, 6.07) is 4.58. The molecule has 0 bridgehead atoms. The molecule has 0 aromatic heterocycles. The van der Waals surface area contributed by atoms with Gasteiger partial charge in [-0.25, -0.2) is 0 Å². The largest absolute Gasteiger partial charge is 0.377 e. The molecule has 6 nitrogen and oxygen atoms in total. The standard InChI is InChI=1S/C17H22ClN3O3.ClH/c1-16(2)13-11(4-3-7-24-13)17(16,20)15(23)21-9-5-6-10(14(19)22)12(18)8-9;/h5-6,8,11,13H,3-4,7,20H2,1-2H3,(H2,19,22)(H,21,23);1H. The minimum atomic E-state index is -1.01. The number of primary amides is 1. The van der Waals surface area contributed by atoms with Crippen molar-refractivity contribution >= 4 is 41.5 Å². The van der Waals surface area contributed by atoms with Crippen LogP contribution >= 0.6 is 24.0 Å². The van der Waals surface area contributed by atoms with Crippen LogP contribution in [0.2, 0.25) is 5.02 Å². The Morgan fingerprint density at radius 2 is 2.04 bits per heavy atom. The van der Waals surface area contributed by atoms with Gasteiger partial charge in [0.25, 0.3) is 0 Å². The predicted octanol–water partition coefficient (Wildman–Crippen LogP) is 2.33. The van der Waals surface area contributed by atoms with Gasteiger partial charge in [0, 0.05) is 23.6 Å². The van der Waals surface area contributed by atoms with Crippen LogP contribution in [0.25, 0.3) is 0 Å². The predicted molar refractivity (Wildman–Crippen MR) is 99.0 cm³/mol. The molecule has 1 aliphatic heterocycles. The molecule has 2 fully saturated rings. The Kier molecular flexibility index (Phi) is 5.40. The molecule has 1 saturated heterocycles. The first-order chi connectivity index (χ1) is 11.2. The summed E-state index contributed by atoms with van der Waals surface area (Å²) in [5, 5.41) is 3.02. The van der Waals surface area contributed by atoms with Gasteiger partial charge in [-0.3, -0.25) is 9.59 Å². The third kappa shape index (κ3) is 2.91. The number of anilines is 1. The van der Waals surface area contributed by atoms with Crippen LogP contribution in [0, 0.1) is 11.3 Å². The van der Waals surface area contributed by atoms with Crippen LogP contribution in [0.1, 0.15) is 37.0 Å². The molecule has 1 aliphatic carbocycles. The number of hydrogen-bond donors (Lipinski definition) is 3. The molecule has 2 amide bonds. The first kappa shape index (κ1) is 20.0. The average Bonchev–Trinajstić information content (AvgIpc) is 2.53. The fourth-order valence-corrected chi connectivity index (χ4v) is 4.34. The van der Waals surface area contributed by atoms with Crippen molar-refractivity contribution in [3.05, 3.63) is 28.8 Å². The van der Waals surface area contributed by atoms with Crippen LogP contribution in [0.5, 0.6) is 0 Å². The van der Waals surface area contributed by atoms with E-state index in [1.165, 1.54) is 12.1 Å². The van der Waals surface area contributed by atoms with Crippen LogP contribution in [0.4, 0.5) is 5.69 Å². The number of ether oxygens (including phenoxy) is 1. The number of rotatable bonds is 3. The van der Waals surface area contributed by atoms with Crippen LogP contribution in [0.3, 0.4) is 0 Å². The van der Waals surface area contributed by atoms with Gasteiger partial charge in [0.15, 0.2) is 0 Å². The number of fused-ring (bicyclic) bond motifs is 1. The Labute approximate surface area is 158 Å². The molecule has 1 saturated carbocycles. The fourth-order valence-electron chi connectivity index (χ4n) is 4.06. The molecule has 0 spiro atoms. The summed E-state index contributed by atoms with van der Waals surface area (Å²) in [5.74, 6) is -0.876. The number of amides is 2. The van der Waals surface area contributed by atoms with Gasteiger partial charge < -0.3 is 21.5 Å². The van der Waals surface area contributed by atoms with Crippen LogP contribution in [-0.2, 0) is 9.53 Å². The summed E-state index contributed by atoms with van der Waals surface area (Å²) in [4.78, 5) is 24.1. The average molecular weight is 388 g/mol. The minimum absolute atomic E-state index is 0. The molecule has 2 aliphatic rings. The maximum absolute atomic E-state index is 12.9. The lowest BCUT2D eigenvalue weighted by Gasteiger charge is -2.65. The van der Waals surface area contributed by atoms with Crippen molar-refractivity contribution in [2.45, 2.75) is 38.3 Å². The first-order valence-electron chi connectivity index (χ1n) is 8.01. The molecule has 8 heteroatoms. The van der Waals surface area contributed by atoms with Crippen molar-refractivity contribution in [3.63, 3.8) is 0 Å². The van der Waals surface area contributed by atoms with Gasteiger partial charge in [0.2, 0.25) is 11.8 Å². The highest BCUT2D eigenvalue weighted by Gasteiger charge is 2.70. The molecular weight excluding hydrogens is 365 g/mol. The molecule has 0 radical (unpaired) electrons. The van der Waals surface area contributed by atoms with Gasteiger partial charge in [-0.05, 0) is 31.0 Å². The van der Waals surface area contributed by atoms with Crippen LogP contribution in [0.15, 0.2) is 18.2 Å². The summed E-state index contributed by atoms with van der Waals surface area (Å²) in [5.41, 5.74) is 11.0. The number of carbonyl (C=O) groups excluding carboxylic acids is 2. The van der Waals surface area contributed by atoms with Crippen molar-refractivity contribution < 1.29 is 14.3 Å². The maximum atomic E-state index is 12.9. The van der Waals surface area contributed by atoms with E-state index in [9.17, 15) is 9.59 Å². The lowest BCUT2D eigenvalue weighted by Crippen LogP contribution is -2.81. The second kappa shape index (κ2) is 6.76. The van der Waals surface area contributed by atoms with Crippen LogP contribution < -0.4 is 16.8 Å². The highest BCUT2D eigenvalue weighted by atomic mass is 35.5. The highest BCUT2D eigenvalue weighted by molar-refractivity contribution is 6.34. The van der Waals surface area contributed by atoms with E-state index in [4.69, 9.17) is 27.8 Å². The number of benzene rings is 1. The summed E-state index contributed by atoms with van der Waals surface area (Å²) in [6.45, 7) is 4.64. The van der Waals surface area contributed by atoms with E-state index in [2.05, 4.69) is 5.32 Å². The zero-order valence-electron chi connectivity index (χ0n) is 14.2. The van der Waals surface area contributed by atoms with E-state index in [0.29, 0.717) is 12.3 Å². The van der Waals surface area contributed by atoms with E-state index in [0.717, 1.165) is 12.8 Å². The zero-order valence-corrected chi connectivity index (χ0v) is 15.7. The Bertz CT molecular complexity index is 710. The van der Waals surface area contributed by atoms with Gasteiger partial charge in [-0.1, -0.05) is 25.4 Å².